The lowest BCUT2D eigenvalue weighted by Crippen LogP contribution is -2.52. The number of nitrogens with zero attached hydrogens (tertiary/aromatic N) is 3. The standard InChI is InChI=1S/C27H30N4O3S/c1-29-15-20-16-30(27(29)35)17-23-25(20)21-6-2-3-7-22(21)31(23)14-18-9-11-19(12-10-18)26(32)28-34-24-8-4-5-13-33-24/h2-3,6-7,9-12,20,24H,4-5,8,13-17H2,1H3,(H,28,32). The first-order valence-electron chi connectivity index (χ1n) is 12.3. The molecule has 1 amide bonds. The summed E-state index contributed by atoms with van der Waals surface area (Å²) in [7, 11) is 2.09. The number of amides is 1. The van der Waals surface area contributed by atoms with Gasteiger partial charge in [-0.1, -0.05) is 30.3 Å². The van der Waals surface area contributed by atoms with Gasteiger partial charge in [-0.15, -0.1) is 0 Å². The van der Waals surface area contributed by atoms with E-state index in [1.54, 1.807) is 0 Å². The van der Waals surface area contributed by atoms with Crippen molar-refractivity contribution in [2.75, 3.05) is 26.7 Å². The largest absolute Gasteiger partial charge is 0.352 e. The molecule has 2 fully saturated rings. The van der Waals surface area contributed by atoms with Crippen LogP contribution in [0.25, 0.3) is 10.9 Å². The minimum Gasteiger partial charge on any atom is -0.352 e. The van der Waals surface area contributed by atoms with Gasteiger partial charge in [-0.05, 0) is 54.4 Å². The summed E-state index contributed by atoms with van der Waals surface area (Å²) in [6, 6.07) is 16.5. The van der Waals surface area contributed by atoms with E-state index in [4.69, 9.17) is 21.8 Å². The minimum absolute atomic E-state index is 0.257. The maximum atomic E-state index is 12.5. The molecule has 1 aromatic heterocycles. The Balaban J connectivity index is 1.23. The van der Waals surface area contributed by atoms with Crippen LogP contribution in [0.1, 0.15) is 52.4 Å². The van der Waals surface area contributed by atoms with Gasteiger partial charge in [-0.25, -0.2) is 10.3 Å². The highest BCUT2D eigenvalue weighted by Gasteiger charge is 2.37. The van der Waals surface area contributed by atoms with Crippen molar-refractivity contribution in [2.24, 2.45) is 0 Å². The van der Waals surface area contributed by atoms with E-state index < -0.39 is 0 Å². The SMILES string of the molecule is CN1CC2CN(Cc3c2c2ccccc2n3Cc2ccc(C(=O)NOC3CCCCO3)cc2)C1=S. The van der Waals surface area contributed by atoms with E-state index in [0.717, 1.165) is 56.1 Å². The van der Waals surface area contributed by atoms with E-state index in [0.29, 0.717) is 18.1 Å². The van der Waals surface area contributed by atoms with Crippen LogP contribution < -0.4 is 5.48 Å². The van der Waals surface area contributed by atoms with E-state index >= 15 is 0 Å². The number of rotatable bonds is 5. The maximum absolute atomic E-state index is 12.5. The quantitative estimate of drug-likeness (QED) is 0.431. The molecule has 0 saturated carbocycles. The number of para-hydroxylation sites is 1. The van der Waals surface area contributed by atoms with Crippen molar-refractivity contribution in [3.8, 4) is 0 Å². The molecule has 3 aromatic rings. The zero-order chi connectivity index (χ0) is 23.9. The Bertz CT molecular complexity index is 1270. The third kappa shape index (κ3) is 4.20. The van der Waals surface area contributed by atoms with Gasteiger partial charge in [0.15, 0.2) is 11.4 Å². The van der Waals surface area contributed by atoms with Gasteiger partial charge in [-0.2, -0.15) is 0 Å². The molecular formula is C27H30N4O3S. The molecule has 4 heterocycles. The Morgan fingerprint density at radius 2 is 1.97 bits per heavy atom. The fourth-order valence-corrected chi connectivity index (χ4v) is 5.88. The summed E-state index contributed by atoms with van der Waals surface area (Å²) in [6.07, 6.45) is 2.53. The van der Waals surface area contributed by atoms with Gasteiger partial charge in [0.1, 0.15) is 0 Å². The number of ether oxygens (including phenoxy) is 1. The van der Waals surface area contributed by atoms with Crippen LogP contribution in [0.5, 0.6) is 0 Å². The number of hydrogen-bond donors (Lipinski definition) is 1. The van der Waals surface area contributed by atoms with Crippen LogP contribution in [0.15, 0.2) is 48.5 Å². The normalized spacial score (nSPS) is 21.8. The molecule has 0 radical (unpaired) electrons. The first-order chi connectivity index (χ1) is 17.1. The van der Waals surface area contributed by atoms with Crippen LogP contribution in [0.4, 0.5) is 0 Å². The zero-order valence-corrected chi connectivity index (χ0v) is 20.7. The molecule has 2 unspecified atom stereocenters. The fraction of sp³-hybridized carbons (Fsp3) is 0.407. The summed E-state index contributed by atoms with van der Waals surface area (Å²) in [5, 5.41) is 2.27. The highest BCUT2D eigenvalue weighted by Crippen LogP contribution is 2.40. The van der Waals surface area contributed by atoms with E-state index in [-0.39, 0.29) is 12.2 Å². The highest BCUT2D eigenvalue weighted by atomic mass is 32.1. The summed E-state index contributed by atoms with van der Waals surface area (Å²) < 4.78 is 7.94. The van der Waals surface area contributed by atoms with Crippen molar-refractivity contribution in [2.45, 2.75) is 44.6 Å². The zero-order valence-electron chi connectivity index (χ0n) is 19.9. The molecule has 0 spiro atoms. The number of carbonyl (C=O) groups is 1. The molecule has 2 atom stereocenters. The monoisotopic (exact) mass is 490 g/mol. The van der Waals surface area contributed by atoms with E-state index in [9.17, 15) is 4.79 Å². The third-order valence-electron chi connectivity index (χ3n) is 7.38. The predicted octanol–water partition coefficient (Wildman–Crippen LogP) is 4.01. The highest BCUT2D eigenvalue weighted by molar-refractivity contribution is 7.80. The smallest absolute Gasteiger partial charge is 0.274 e. The molecule has 2 bridgehead atoms. The second-order valence-corrected chi connectivity index (χ2v) is 10.1. The number of likely N-dealkylation sites (N-methyl/N-ethyl adjacent to an activating group) is 1. The summed E-state index contributed by atoms with van der Waals surface area (Å²) in [6.45, 7) is 4.18. The molecule has 2 saturated heterocycles. The van der Waals surface area contributed by atoms with Crippen molar-refractivity contribution in [1.82, 2.24) is 19.8 Å². The number of hydrogen-bond acceptors (Lipinski definition) is 4. The second-order valence-electron chi connectivity index (χ2n) is 9.75. The Kier molecular flexibility index (Phi) is 5.96. The van der Waals surface area contributed by atoms with Crippen LogP contribution >= 0.6 is 12.2 Å². The summed E-state index contributed by atoms with van der Waals surface area (Å²) in [5.74, 6) is 0.189. The van der Waals surface area contributed by atoms with Crippen molar-refractivity contribution in [3.05, 3.63) is 70.9 Å². The molecular weight excluding hydrogens is 460 g/mol. The number of thiocarbonyl (C=S) groups is 1. The number of hydroxylamine groups is 1. The van der Waals surface area contributed by atoms with Crippen LogP contribution in [0, 0.1) is 0 Å². The van der Waals surface area contributed by atoms with Crippen molar-refractivity contribution < 1.29 is 14.4 Å². The average Bonchev–Trinajstić information content (AvgIpc) is 3.20. The molecule has 3 aliphatic heterocycles. The Hall–Kier alpha value is -2.94. The van der Waals surface area contributed by atoms with E-state index in [1.807, 2.05) is 24.3 Å². The predicted molar refractivity (Wildman–Crippen MR) is 138 cm³/mol. The topological polar surface area (TPSA) is 59.0 Å². The molecule has 182 valence electrons. The van der Waals surface area contributed by atoms with Gasteiger partial charge >= 0.3 is 0 Å². The first kappa shape index (κ1) is 22.5. The molecule has 7 nitrogen and oxygen atoms in total. The average molecular weight is 491 g/mol. The van der Waals surface area contributed by atoms with E-state index in [2.05, 4.69) is 51.2 Å². The third-order valence-corrected chi connectivity index (χ3v) is 7.95. The van der Waals surface area contributed by atoms with Crippen LogP contribution in [0.2, 0.25) is 0 Å². The fourth-order valence-electron chi connectivity index (χ4n) is 5.66. The minimum atomic E-state index is -0.358. The lowest BCUT2D eigenvalue weighted by Gasteiger charge is -2.44. The number of carbonyl (C=O) groups excluding carboxylic acids is 1. The maximum Gasteiger partial charge on any atom is 0.274 e. The van der Waals surface area contributed by atoms with Crippen molar-refractivity contribution >= 4 is 34.1 Å². The van der Waals surface area contributed by atoms with Gasteiger partial charge < -0.3 is 19.1 Å². The Morgan fingerprint density at radius 1 is 1.14 bits per heavy atom. The van der Waals surface area contributed by atoms with Gasteiger partial charge in [-0.3, -0.25) is 4.79 Å². The van der Waals surface area contributed by atoms with Gasteiger partial charge in [0.25, 0.3) is 5.91 Å². The molecule has 0 aliphatic carbocycles. The van der Waals surface area contributed by atoms with Gasteiger partial charge in [0.05, 0.1) is 6.54 Å². The number of fused-ring (bicyclic) bond motifs is 6. The Morgan fingerprint density at radius 3 is 2.77 bits per heavy atom. The van der Waals surface area contributed by atoms with Crippen molar-refractivity contribution in [1.29, 1.82) is 0 Å². The molecule has 2 aromatic carbocycles. The van der Waals surface area contributed by atoms with Crippen LogP contribution in [0.3, 0.4) is 0 Å². The molecule has 35 heavy (non-hydrogen) atoms. The van der Waals surface area contributed by atoms with Crippen molar-refractivity contribution in [3.63, 3.8) is 0 Å². The lowest BCUT2D eigenvalue weighted by atomic mass is 9.90. The molecule has 3 aliphatic rings. The molecule has 1 N–H and O–H groups in total. The molecule has 8 heteroatoms. The summed E-state index contributed by atoms with van der Waals surface area (Å²) >= 11 is 5.71. The summed E-state index contributed by atoms with van der Waals surface area (Å²) in [5.41, 5.74) is 8.31. The van der Waals surface area contributed by atoms with Gasteiger partial charge in [0.2, 0.25) is 0 Å². The lowest BCUT2D eigenvalue weighted by molar-refractivity contribution is -0.186. The summed E-state index contributed by atoms with van der Waals surface area (Å²) in [4.78, 5) is 22.5. The van der Waals surface area contributed by atoms with Crippen LogP contribution in [-0.4, -0.2) is 58.4 Å². The first-order valence-corrected chi connectivity index (χ1v) is 12.8. The number of benzene rings is 2. The van der Waals surface area contributed by atoms with Gasteiger partial charge in [0, 0.05) is 67.8 Å². The van der Waals surface area contributed by atoms with Crippen LogP contribution in [-0.2, 0) is 22.7 Å². The number of aromatic nitrogens is 1. The Labute approximate surface area is 210 Å². The number of nitrogens with one attached hydrogen (secondary N) is 1. The molecule has 6 rings (SSSR count). The second kappa shape index (κ2) is 9.26. The van der Waals surface area contributed by atoms with E-state index in [1.165, 1.54) is 22.2 Å².